The van der Waals surface area contributed by atoms with Crippen LogP contribution in [0.25, 0.3) is 17.0 Å². The van der Waals surface area contributed by atoms with Gasteiger partial charge in [-0.2, -0.15) is 0 Å². The van der Waals surface area contributed by atoms with Crippen LogP contribution in [-0.2, 0) is 51.3 Å². The largest absolute Gasteiger partial charge is 0.497 e. The Balaban J connectivity index is 0.541. The van der Waals surface area contributed by atoms with Crippen LogP contribution >= 0.6 is 0 Å². The Morgan fingerprint density at radius 2 is 1.39 bits per heavy atom. The minimum absolute atomic E-state index is 0.0148. The number of rotatable bonds is 30. The van der Waals surface area contributed by atoms with Gasteiger partial charge in [0.2, 0.25) is 29.5 Å². The first-order valence-corrected chi connectivity index (χ1v) is 37.6. The summed E-state index contributed by atoms with van der Waals surface area (Å²) in [4.78, 5) is 116. The Labute approximate surface area is 644 Å². The molecule has 0 bridgehead atoms. The van der Waals surface area contributed by atoms with Crippen molar-refractivity contribution in [2.75, 3.05) is 101 Å². The van der Waals surface area contributed by atoms with Crippen molar-refractivity contribution in [2.45, 2.75) is 129 Å². The van der Waals surface area contributed by atoms with E-state index in [2.05, 4.69) is 51.4 Å². The lowest BCUT2D eigenvalue weighted by Crippen LogP contribution is -2.54. The number of hydrogen-bond acceptors (Lipinski definition) is 21. The molecule has 1 spiro atoms. The predicted octanol–water partition coefficient (Wildman–Crippen LogP) is 8.33. The number of aliphatic hydroxyl groups excluding tert-OH is 1. The molecule has 6 aromatic rings. The van der Waals surface area contributed by atoms with Crippen LogP contribution in [0.4, 0.5) is 27.5 Å². The van der Waals surface area contributed by atoms with Gasteiger partial charge in [0, 0.05) is 80.1 Å². The molecule has 1 unspecified atom stereocenters. The lowest BCUT2D eigenvalue weighted by atomic mass is 9.95. The monoisotopic (exact) mass is 1520 g/mol. The number of amides is 8. The van der Waals surface area contributed by atoms with Gasteiger partial charge in [-0.15, -0.1) is 5.53 Å². The summed E-state index contributed by atoms with van der Waals surface area (Å²) >= 11 is 0. The molecule has 6 heterocycles. The number of benzene rings is 6. The van der Waals surface area contributed by atoms with Crippen LogP contribution in [0.2, 0.25) is 0 Å². The van der Waals surface area contributed by atoms with Gasteiger partial charge in [0.05, 0.1) is 113 Å². The second kappa shape index (κ2) is 34.2. The number of carbonyl (C=O) groups excluding carboxylic acids is 8. The molecular weight excluding hydrogens is 1420 g/mol. The fourth-order valence-electron chi connectivity index (χ4n) is 14.9. The molecule has 6 aliphatic heterocycles. The maximum absolute atomic E-state index is 14.5. The van der Waals surface area contributed by atoms with Crippen molar-refractivity contribution >= 4 is 87.2 Å². The second-order valence-electron chi connectivity index (χ2n) is 29.3. The Morgan fingerprint density at radius 1 is 0.685 bits per heavy atom. The lowest BCUT2D eigenvalue weighted by Gasteiger charge is -2.32. The fraction of sp³-hybridized carbons (Fsp3) is 0.415. The highest BCUT2D eigenvalue weighted by Gasteiger charge is 2.58. The van der Waals surface area contributed by atoms with Crippen LogP contribution in [0.15, 0.2) is 128 Å². The topological polar surface area (TPSA) is 331 Å². The molecule has 8 amide bonds. The summed E-state index contributed by atoms with van der Waals surface area (Å²) in [6.07, 6.45) is 2.76. The molecule has 586 valence electrons. The highest BCUT2D eigenvalue weighted by atomic mass is 16.6. The van der Waals surface area contributed by atoms with Crippen LogP contribution in [0.1, 0.15) is 128 Å². The Hall–Kier alpha value is -11.4. The maximum atomic E-state index is 14.5. The highest BCUT2D eigenvalue weighted by Crippen LogP contribution is 2.57. The number of ether oxygens (including phenoxy) is 8. The second-order valence-corrected chi connectivity index (χ2v) is 29.3. The number of methoxy groups -OCH3 is 3. The molecule has 0 aromatic heterocycles. The van der Waals surface area contributed by atoms with Crippen molar-refractivity contribution in [3.8, 4) is 28.7 Å². The molecule has 13 rings (SSSR count). The maximum Gasteiger partial charge on any atom is 0.416 e. The molecule has 1 saturated heterocycles. The van der Waals surface area contributed by atoms with Gasteiger partial charge < -0.3 is 89.7 Å². The van der Waals surface area contributed by atoms with Crippen LogP contribution in [-0.4, -0.2) is 184 Å². The Kier molecular flexibility index (Phi) is 24.0. The van der Waals surface area contributed by atoms with Crippen LogP contribution < -0.4 is 71.0 Å². The van der Waals surface area contributed by atoms with Gasteiger partial charge in [-0.1, -0.05) is 80.6 Å². The van der Waals surface area contributed by atoms with Crippen molar-refractivity contribution in [3.05, 3.63) is 166 Å². The van der Waals surface area contributed by atoms with Crippen molar-refractivity contribution in [2.24, 2.45) is 11.3 Å². The standard InChI is InChI=1S/C82H96N12O17/c1-48(2)73(87-71(96)46-108-35-34-107-33-30-83-70(95)26-27-72(97)91-43-53-14-9-10-15-58(53)74-75(94(49(3)4)89-88-74)59-16-11-12-17-63(59)91)77(99)85-50(5)76(98)86-55-22-18-51(19-23-55)45-111-81(103)93-64-40-69(67(106-8)38-61(64)79(101)92-47-82(28-29-82)41-65(92)80(93)102)110-32-13-31-109-68-39-62-60(37-66(68)105-7)78(100)90-44-54(36-56(90)42-84-62)52-20-24-57(104-6)25-21-52/h9-12,14-25,37-40,44,48-50,56,65,73,80,84,88-89,102H,13,26-36,41-43,45-47H2,1-8H3,(H,83,95)(H,85,99)(H,86,98)(H,87,96)/t50-,56-,65-,73-,80?/m0/s1. The summed E-state index contributed by atoms with van der Waals surface area (Å²) in [7, 11) is 4.58. The minimum atomic E-state index is -1.49. The number of fused-ring (bicyclic) bond motifs is 8. The first-order chi connectivity index (χ1) is 53.6. The third-order valence-electron chi connectivity index (χ3n) is 21.1. The van der Waals surface area contributed by atoms with Gasteiger partial charge >= 0.3 is 6.09 Å². The summed E-state index contributed by atoms with van der Waals surface area (Å²) in [5.41, 5.74) is 16.1. The third-order valence-corrected chi connectivity index (χ3v) is 21.1. The zero-order valence-electron chi connectivity index (χ0n) is 63.6. The van der Waals surface area contributed by atoms with E-state index in [0.29, 0.717) is 72.9 Å². The highest BCUT2D eigenvalue weighted by molar-refractivity contribution is 6.07. The van der Waals surface area contributed by atoms with Gasteiger partial charge in [0.25, 0.3) is 11.8 Å². The number of nitrogens with one attached hydrogen (secondary N) is 7. The van der Waals surface area contributed by atoms with Crippen molar-refractivity contribution < 1.29 is 81.4 Å². The van der Waals surface area contributed by atoms with E-state index in [1.807, 2.05) is 84.0 Å². The molecule has 29 heteroatoms. The predicted molar refractivity (Wildman–Crippen MR) is 413 cm³/mol. The zero-order valence-corrected chi connectivity index (χ0v) is 63.6. The molecule has 29 nitrogen and oxygen atoms in total. The lowest BCUT2D eigenvalue weighted by molar-refractivity contribution is -0.133. The van der Waals surface area contributed by atoms with E-state index in [4.69, 9.17) is 37.9 Å². The van der Waals surface area contributed by atoms with Gasteiger partial charge in [-0.25, -0.2) is 9.69 Å². The van der Waals surface area contributed by atoms with Gasteiger partial charge in [0.15, 0.2) is 29.2 Å². The molecule has 7 aliphatic rings. The SMILES string of the molecule is COc1ccc(C2=CN3C(=O)c4cc(OC)c(OCCCOc5cc6c(cc5OC)C(=O)N5CC7(CC7)C[C@H]5C(O)N6C(=O)OCc5ccc(NC(=O)[C@H](C)NC(=O)[C@@H](NC(=O)COCCOCCNC(=O)CCC(=O)N6Cc7ccccc7C7=C(c8ccccc86)N(C(C)C)NN7)C(C)C)cc5)cc4NC[C@@H]3C2)cc1. The Bertz CT molecular complexity index is 4560. The van der Waals surface area contributed by atoms with Gasteiger partial charge in [-0.3, -0.25) is 38.6 Å². The van der Waals surface area contributed by atoms with E-state index >= 15 is 0 Å². The minimum Gasteiger partial charge on any atom is -0.497 e. The number of hydrazine groups is 2. The molecule has 0 radical (unpaired) electrons. The number of anilines is 4. The molecule has 6 aromatic carbocycles. The average Bonchev–Trinajstić information content (AvgIpc) is 1.58. The first-order valence-electron chi connectivity index (χ1n) is 37.6. The molecular formula is C82H96N12O17. The summed E-state index contributed by atoms with van der Waals surface area (Å²) in [6, 6.07) is 33.7. The van der Waals surface area contributed by atoms with E-state index in [9.17, 15) is 43.5 Å². The fourth-order valence-corrected chi connectivity index (χ4v) is 14.9. The smallest absolute Gasteiger partial charge is 0.416 e. The van der Waals surface area contributed by atoms with E-state index < -0.39 is 48.2 Å². The van der Waals surface area contributed by atoms with Crippen molar-refractivity contribution in [1.82, 2.24) is 41.7 Å². The number of aliphatic hydroxyl groups is 1. The average molecular weight is 1520 g/mol. The van der Waals surface area contributed by atoms with Gasteiger partial charge in [0.1, 0.15) is 31.0 Å². The molecule has 2 fully saturated rings. The number of carbonyl (C=O) groups is 8. The van der Waals surface area contributed by atoms with E-state index in [1.165, 1.54) is 33.3 Å². The molecule has 1 saturated carbocycles. The summed E-state index contributed by atoms with van der Waals surface area (Å²) < 4.78 is 46.4. The molecule has 111 heavy (non-hydrogen) atoms. The number of hydrogen-bond donors (Lipinski definition) is 8. The van der Waals surface area contributed by atoms with Crippen molar-refractivity contribution in [3.63, 3.8) is 0 Å². The zero-order chi connectivity index (χ0) is 78.2. The van der Waals surface area contributed by atoms with E-state index in [1.54, 1.807) is 72.1 Å². The third kappa shape index (κ3) is 17.3. The first kappa shape index (κ1) is 77.7. The summed E-state index contributed by atoms with van der Waals surface area (Å²) in [6.45, 7) is 10.6. The van der Waals surface area contributed by atoms with Crippen LogP contribution in [0.3, 0.4) is 0 Å². The summed E-state index contributed by atoms with van der Waals surface area (Å²) in [5, 5.41) is 28.7. The normalized spacial score (nSPS) is 18.2. The number of para-hydroxylation sites is 1. The van der Waals surface area contributed by atoms with Crippen molar-refractivity contribution in [1.29, 1.82) is 0 Å². The number of nitrogens with zero attached hydrogens (tertiary/aromatic N) is 5. The van der Waals surface area contributed by atoms with Gasteiger partial charge in [-0.05, 0) is 123 Å². The van der Waals surface area contributed by atoms with Crippen LogP contribution in [0, 0.1) is 11.3 Å². The molecule has 1 aliphatic carbocycles. The Morgan fingerprint density at radius 3 is 2.10 bits per heavy atom. The quantitative estimate of drug-likeness (QED) is 0.0196. The summed E-state index contributed by atoms with van der Waals surface area (Å²) in [5.74, 6) is -1.13. The van der Waals surface area contributed by atoms with E-state index in [-0.39, 0.29) is 135 Å². The van der Waals surface area contributed by atoms with Crippen LogP contribution in [0.5, 0.6) is 28.7 Å². The van der Waals surface area contributed by atoms with E-state index in [0.717, 1.165) is 68.4 Å². The molecule has 8 N–H and O–H groups in total. The molecule has 5 atom stereocenters.